The second-order valence-electron chi connectivity index (χ2n) is 8.60. The Morgan fingerprint density at radius 1 is 0.556 bits per heavy atom. The predicted octanol–water partition coefficient (Wildman–Crippen LogP) is 7.18. The summed E-state index contributed by atoms with van der Waals surface area (Å²) < 4.78 is 29.3. The summed E-state index contributed by atoms with van der Waals surface area (Å²) in [5, 5.41) is 1.58. The van der Waals surface area contributed by atoms with Gasteiger partial charge in [0.15, 0.2) is 0 Å². The Morgan fingerprint density at radius 3 is 1.81 bits per heavy atom. The highest BCUT2D eigenvalue weighted by Gasteiger charge is 2.18. The highest BCUT2D eigenvalue weighted by molar-refractivity contribution is 7.93. The smallest absolute Gasteiger partial charge is 0.262 e. The van der Waals surface area contributed by atoms with Crippen molar-refractivity contribution in [3.05, 3.63) is 121 Å². The number of fused-ring (bicyclic) bond motifs is 1. The van der Waals surface area contributed by atoms with Crippen molar-refractivity contribution < 1.29 is 8.42 Å². The van der Waals surface area contributed by atoms with Gasteiger partial charge in [-0.15, -0.1) is 0 Å². The van der Waals surface area contributed by atoms with Crippen molar-refractivity contribution in [1.29, 1.82) is 0 Å². The Balaban J connectivity index is 1.37. The molecule has 0 heterocycles. The van der Waals surface area contributed by atoms with E-state index in [0.29, 0.717) is 11.1 Å². The van der Waals surface area contributed by atoms with Crippen molar-refractivity contribution in [1.82, 2.24) is 0 Å². The van der Waals surface area contributed by atoms with Gasteiger partial charge in [0.25, 0.3) is 10.0 Å². The van der Waals surface area contributed by atoms with Gasteiger partial charge < -0.3 is 9.80 Å². The van der Waals surface area contributed by atoms with Gasteiger partial charge in [0, 0.05) is 42.2 Å². The summed E-state index contributed by atoms with van der Waals surface area (Å²) in [5.41, 5.74) is 4.57. The molecule has 0 amide bonds. The molecule has 5 aromatic carbocycles. The molecule has 0 aliphatic rings. The van der Waals surface area contributed by atoms with Gasteiger partial charge in [-0.3, -0.25) is 4.72 Å². The molecular formula is C30H27N3O2S. The van der Waals surface area contributed by atoms with Crippen LogP contribution in [-0.2, 0) is 10.0 Å². The van der Waals surface area contributed by atoms with E-state index in [9.17, 15) is 8.42 Å². The first-order valence-electron chi connectivity index (χ1n) is 11.7. The van der Waals surface area contributed by atoms with Crippen molar-refractivity contribution >= 4 is 49.2 Å². The minimum Gasteiger partial charge on any atom is -0.345 e. The number of para-hydroxylation sites is 1. The molecule has 0 bridgehead atoms. The number of anilines is 5. The molecule has 5 rings (SSSR count). The zero-order chi connectivity index (χ0) is 25.1. The first-order chi connectivity index (χ1) is 17.4. The summed E-state index contributed by atoms with van der Waals surface area (Å²) >= 11 is 0. The molecule has 5 aromatic rings. The number of sulfonamides is 1. The minimum absolute atomic E-state index is 0.262. The topological polar surface area (TPSA) is 52.6 Å². The molecule has 36 heavy (non-hydrogen) atoms. The maximum absolute atomic E-state index is 13.3. The maximum atomic E-state index is 13.3. The molecule has 0 atom stereocenters. The van der Waals surface area contributed by atoms with E-state index in [1.165, 1.54) is 0 Å². The summed E-state index contributed by atoms with van der Waals surface area (Å²) in [7, 11) is 0.245. The molecule has 0 unspecified atom stereocenters. The predicted molar refractivity (Wildman–Crippen MR) is 150 cm³/mol. The third-order valence-electron chi connectivity index (χ3n) is 6.29. The van der Waals surface area contributed by atoms with Crippen LogP contribution in [0.15, 0.2) is 126 Å². The van der Waals surface area contributed by atoms with Crippen molar-refractivity contribution in [2.45, 2.75) is 4.90 Å². The van der Waals surface area contributed by atoms with Gasteiger partial charge in [-0.25, -0.2) is 8.42 Å². The highest BCUT2D eigenvalue weighted by Crippen LogP contribution is 2.31. The van der Waals surface area contributed by atoms with Gasteiger partial charge in [0.05, 0.1) is 10.6 Å². The molecule has 0 aliphatic heterocycles. The Bertz CT molecular complexity index is 1600. The molecule has 0 saturated heterocycles. The van der Waals surface area contributed by atoms with E-state index >= 15 is 0 Å². The number of nitrogens with zero attached hydrogens (tertiary/aromatic N) is 2. The summed E-state index contributed by atoms with van der Waals surface area (Å²) in [5.74, 6) is 0. The Labute approximate surface area is 212 Å². The lowest BCUT2D eigenvalue weighted by Crippen LogP contribution is -2.14. The Kier molecular flexibility index (Phi) is 6.36. The Hall–Kier alpha value is -4.29. The molecule has 6 heteroatoms. The fourth-order valence-corrected chi connectivity index (χ4v) is 5.55. The Morgan fingerprint density at radius 2 is 1.08 bits per heavy atom. The van der Waals surface area contributed by atoms with Crippen molar-refractivity contribution in [3.63, 3.8) is 0 Å². The quantitative estimate of drug-likeness (QED) is 0.261. The van der Waals surface area contributed by atoms with E-state index in [0.717, 1.165) is 28.1 Å². The molecule has 0 fully saturated rings. The van der Waals surface area contributed by atoms with E-state index in [4.69, 9.17) is 0 Å². The first kappa shape index (κ1) is 23.5. The number of hydrogen-bond donors (Lipinski definition) is 1. The summed E-state index contributed by atoms with van der Waals surface area (Å²) in [6.07, 6.45) is 0. The zero-order valence-corrected chi connectivity index (χ0v) is 21.0. The standard InChI is InChI=1S/C30H27N3O2S/c1-32(25-13-4-3-5-14-25)26-18-20-27(21-19-26)33(2)28-15-9-12-24(22-28)31-36(34,35)30-17-8-11-23-10-6-7-16-29(23)30/h3-22,31H,1-2H3. The summed E-state index contributed by atoms with van der Waals surface area (Å²) in [6, 6.07) is 38.7. The lowest BCUT2D eigenvalue weighted by molar-refractivity contribution is 0.602. The molecular weight excluding hydrogens is 466 g/mol. The molecule has 180 valence electrons. The maximum Gasteiger partial charge on any atom is 0.262 e. The van der Waals surface area contributed by atoms with E-state index in [1.807, 2.05) is 85.7 Å². The van der Waals surface area contributed by atoms with E-state index in [1.54, 1.807) is 18.2 Å². The molecule has 1 N–H and O–H groups in total. The van der Waals surface area contributed by atoms with Crippen LogP contribution < -0.4 is 14.5 Å². The third-order valence-corrected chi connectivity index (χ3v) is 7.73. The average molecular weight is 494 g/mol. The first-order valence-corrected chi connectivity index (χ1v) is 13.1. The number of benzene rings is 5. The minimum atomic E-state index is -3.76. The monoisotopic (exact) mass is 493 g/mol. The fourth-order valence-electron chi connectivity index (χ4n) is 4.27. The number of rotatable bonds is 7. The van der Waals surface area contributed by atoms with Crippen LogP contribution in [0.25, 0.3) is 10.8 Å². The third kappa shape index (κ3) is 4.76. The summed E-state index contributed by atoms with van der Waals surface area (Å²) in [6.45, 7) is 0. The van der Waals surface area contributed by atoms with Crippen molar-refractivity contribution in [3.8, 4) is 0 Å². The van der Waals surface area contributed by atoms with Crippen LogP contribution in [0.2, 0.25) is 0 Å². The highest BCUT2D eigenvalue weighted by atomic mass is 32.2. The molecule has 0 saturated carbocycles. The second kappa shape index (κ2) is 9.76. The largest absolute Gasteiger partial charge is 0.345 e. The molecule has 0 aliphatic carbocycles. The number of nitrogens with one attached hydrogen (secondary N) is 1. The van der Waals surface area contributed by atoms with Gasteiger partial charge in [-0.2, -0.15) is 0 Å². The van der Waals surface area contributed by atoms with Gasteiger partial charge >= 0.3 is 0 Å². The van der Waals surface area contributed by atoms with Crippen molar-refractivity contribution in [2.24, 2.45) is 0 Å². The van der Waals surface area contributed by atoms with Crippen LogP contribution in [0.3, 0.4) is 0 Å². The van der Waals surface area contributed by atoms with E-state index < -0.39 is 10.0 Å². The molecule has 5 nitrogen and oxygen atoms in total. The molecule has 0 radical (unpaired) electrons. The van der Waals surface area contributed by atoms with Crippen LogP contribution in [0.4, 0.5) is 28.4 Å². The van der Waals surface area contributed by atoms with Crippen LogP contribution in [0, 0.1) is 0 Å². The SMILES string of the molecule is CN(c1ccccc1)c1ccc(N(C)c2cccc(NS(=O)(=O)c3cccc4ccccc34)c2)cc1. The van der Waals surface area contributed by atoms with Crippen LogP contribution >= 0.6 is 0 Å². The van der Waals surface area contributed by atoms with E-state index in [2.05, 4.69) is 46.0 Å². The van der Waals surface area contributed by atoms with Crippen LogP contribution in [-0.4, -0.2) is 22.5 Å². The van der Waals surface area contributed by atoms with Gasteiger partial charge in [0.2, 0.25) is 0 Å². The van der Waals surface area contributed by atoms with E-state index in [-0.39, 0.29) is 4.90 Å². The van der Waals surface area contributed by atoms with Gasteiger partial charge in [-0.05, 0) is 66.0 Å². The summed E-state index contributed by atoms with van der Waals surface area (Å²) in [4.78, 5) is 4.42. The normalized spacial score (nSPS) is 11.3. The fraction of sp³-hybridized carbons (Fsp3) is 0.0667. The van der Waals surface area contributed by atoms with Gasteiger partial charge in [-0.1, -0.05) is 60.7 Å². The van der Waals surface area contributed by atoms with Crippen molar-refractivity contribution in [2.75, 3.05) is 28.6 Å². The molecule has 0 aromatic heterocycles. The molecule has 0 spiro atoms. The van der Waals surface area contributed by atoms with Crippen LogP contribution in [0.5, 0.6) is 0 Å². The van der Waals surface area contributed by atoms with Crippen LogP contribution in [0.1, 0.15) is 0 Å². The lowest BCUT2D eigenvalue weighted by atomic mass is 10.1. The van der Waals surface area contributed by atoms with Gasteiger partial charge in [0.1, 0.15) is 0 Å². The lowest BCUT2D eigenvalue weighted by Gasteiger charge is -2.23. The number of hydrogen-bond acceptors (Lipinski definition) is 4. The average Bonchev–Trinajstić information content (AvgIpc) is 2.92. The zero-order valence-electron chi connectivity index (χ0n) is 20.2. The second-order valence-corrected chi connectivity index (χ2v) is 10.3.